The number of nitrogens with zero attached hydrogens (tertiary/aromatic N) is 4. The Morgan fingerprint density at radius 3 is 2.41 bits per heavy atom. The van der Waals surface area contributed by atoms with E-state index in [0.717, 1.165) is 26.3 Å². The minimum atomic E-state index is -1.18. The molecule has 0 bridgehead atoms. The number of aromatic nitrogens is 3. The van der Waals surface area contributed by atoms with E-state index < -0.39 is 22.8 Å². The molecule has 1 saturated heterocycles. The number of fused-ring (bicyclic) bond motifs is 1. The van der Waals surface area contributed by atoms with Gasteiger partial charge in [0.2, 0.25) is 0 Å². The molecule has 1 fully saturated rings. The molecule has 2 aromatic heterocycles. The monoisotopic (exact) mass is 468 g/mol. The van der Waals surface area contributed by atoms with E-state index in [9.17, 15) is 19.5 Å². The molecule has 1 atom stereocenters. The minimum absolute atomic E-state index is 0.0200. The first kappa shape index (κ1) is 24.0. The third kappa shape index (κ3) is 4.10. The van der Waals surface area contributed by atoms with Crippen molar-refractivity contribution in [3.05, 3.63) is 67.6 Å². The summed E-state index contributed by atoms with van der Waals surface area (Å²) in [4.78, 5) is 45.5. The highest BCUT2D eigenvalue weighted by atomic mass is 16.7. The van der Waals surface area contributed by atoms with Crippen molar-refractivity contribution in [2.24, 2.45) is 13.0 Å². The second kappa shape index (κ2) is 8.56. The summed E-state index contributed by atoms with van der Waals surface area (Å²) >= 11 is 0. The summed E-state index contributed by atoms with van der Waals surface area (Å²) in [5.41, 5.74) is 1.58. The van der Waals surface area contributed by atoms with Crippen molar-refractivity contribution in [3.63, 3.8) is 0 Å². The first-order chi connectivity index (χ1) is 15.9. The number of benzene rings is 1. The van der Waals surface area contributed by atoms with Crippen LogP contribution in [0.4, 0.5) is 0 Å². The number of hydrogen-bond donors (Lipinski definition) is 1. The molecule has 9 nitrogen and oxygen atoms in total. The lowest BCUT2D eigenvalue weighted by molar-refractivity contribution is -0.0801. The normalized spacial score (nSPS) is 18.4. The average molecular weight is 469 g/mol. The third-order valence-corrected chi connectivity index (χ3v) is 6.35. The van der Waals surface area contributed by atoms with Gasteiger partial charge in [-0.15, -0.1) is 0 Å². The van der Waals surface area contributed by atoms with Crippen LogP contribution in [0.25, 0.3) is 10.9 Å². The summed E-state index contributed by atoms with van der Waals surface area (Å²) in [6.07, 6.45) is 1.72. The molecule has 34 heavy (non-hydrogen) atoms. The summed E-state index contributed by atoms with van der Waals surface area (Å²) in [5.74, 6) is -0.373. The molecular weight excluding hydrogens is 436 g/mol. The number of rotatable bonds is 5. The van der Waals surface area contributed by atoms with Crippen LogP contribution in [0.5, 0.6) is 0 Å². The van der Waals surface area contributed by atoms with Gasteiger partial charge >= 0.3 is 5.69 Å². The van der Waals surface area contributed by atoms with Crippen LogP contribution in [-0.2, 0) is 25.0 Å². The van der Waals surface area contributed by atoms with E-state index in [0.29, 0.717) is 18.6 Å². The lowest BCUT2D eigenvalue weighted by atomic mass is 10.0. The molecule has 4 rings (SSSR count). The first-order valence-electron chi connectivity index (χ1n) is 11.5. The van der Waals surface area contributed by atoms with Gasteiger partial charge < -0.3 is 9.67 Å². The Labute approximate surface area is 197 Å². The van der Waals surface area contributed by atoms with E-state index in [4.69, 9.17) is 4.84 Å². The lowest BCUT2D eigenvalue weighted by Gasteiger charge is -2.18. The standard InChI is InChI=1S/C25H32N4O5/c1-15(2)10-28-19-12-27(11-18-16(3)8-7-9-17(18)4)21(20(19)22(30)26(6)24(28)32)23(31)29-13-25(5,33)14-34-29/h7-9,12,15,33H,10-11,13-14H2,1-6H3/t25-/m0/s1. The fourth-order valence-corrected chi connectivity index (χ4v) is 4.53. The SMILES string of the molecule is Cc1cccc(C)c1Cn1cc2c(c1C(=O)N1C[C@](C)(O)CO1)c(=O)n(C)c(=O)n2CC(C)C. The molecule has 0 unspecified atom stereocenters. The van der Waals surface area contributed by atoms with Gasteiger partial charge in [-0.1, -0.05) is 32.0 Å². The largest absolute Gasteiger partial charge is 0.386 e. The quantitative estimate of drug-likeness (QED) is 0.617. The van der Waals surface area contributed by atoms with Crippen molar-refractivity contribution < 1.29 is 14.7 Å². The second-order valence-electron chi connectivity index (χ2n) is 10.00. The topological polar surface area (TPSA) is 98.7 Å². The van der Waals surface area contributed by atoms with Crippen LogP contribution in [0.1, 0.15) is 48.0 Å². The predicted octanol–water partition coefficient (Wildman–Crippen LogP) is 1.96. The molecule has 1 aliphatic heterocycles. The number of aryl methyl sites for hydroxylation is 2. The number of hydroxylamine groups is 2. The van der Waals surface area contributed by atoms with Crippen LogP contribution < -0.4 is 11.2 Å². The van der Waals surface area contributed by atoms with Gasteiger partial charge in [0.15, 0.2) is 0 Å². The number of β-amino-alcohol motifs (C(OH)–C–C–N with tert-alkyl or cyclic N) is 1. The molecule has 1 N–H and O–H groups in total. The first-order valence-corrected chi connectivity index (χ1v) is 11.5. The van der Waals surface area contributed by atoms with Crippen LogP contribution in [0.3, 0.4) is 0 Å². The maximum absolute atomic E-state index is 13.7. The molecule has 1 aromatic carbocycles. The molecule has 0 radical (unpaired) electrons. The Morgan fingerprint density at radius 2 is 1.85 bits per heavy atom. The van der Waals surface area contributed by atoms with Gasteiger partial charge in [-0.25, -0.2) is 9.86 Å². The van der Waals surface area contributed by atoms with Gasteiger partial charge in [-0.05, 0) is 43.4 Å². The Balaban J connectivity index is 2.00. The number of carbonyl (C=O) groups is 1. The van der Waals surface area contributed by atoms with Gasteiger partial charge in [-0.2, -0.15) is 0 Å². The van der Waals surface area contributed by atoms with Gasteiger partial charge in [0.05, 0.1) is 17.4 Å². The van der Waals surface area contributed by atoms with E-state index in [1.54, 1.807) is 22.3 Å². The Bertz CT molecular complexity index is 1370. The molecule has 1 aliphatic rings. The van der Waals surface area contributed by atoms with Gasteiger partial charge in [0, 0.05) is 26.3 Å². The molecular formula is C25H32N4O5. The fourth-order valence-electron chi connectivity index (χ4n) is 4.53. The lowest BCUT2D eigenvalue weighted by Crippen LogP contribution is -2.40. The van der Waals surface area contributed by atoms with Crippen molar-refractivity contribution in [2.45, 2.75) is 53.3 Å². The number of hydrogen-bond acceptors (Lipinski definition) is 5. The van der Waals surface area contributed by atoms with Crippen molar-refractivity contribution >= 4 is 16.8 Å². The maximum Gasteiger partial charge on any atom is 0.331 e. The number of carbonyl (C=O) groups excluding carboxylic acids is 1. The van der Waals surface area contributed by atoms with E-state index in [-0.39, 0.29) is 30.1 Å². The zero-order chi connectivity index (χ0) is 24.9. The number of aliphatic hydroxyl groups is 1. The van der Waals surface area contributed by atoms with Crippen LogP contribution in [0.2, 0.25) is 0 Å². The van der Waals surface area contributed by atoms with Crippen LogP contribution >= 0.6 is 0 Å². The summed E-state index contributed by atoms with van der Waals surface area (Å²) in [6.45, 7) is 10.3. The van der Waals surface area contributed by atoms with E-state index in [2.05, 4.69) is 0 Å². The number of amides is 1. The summed E-state index contributed by atoms with van der Waals surface area (Å²) in [6, 6.07) is 5.98. The predicted molar refractivity (Wildman–Crippen MR) is 129 cm³/mol. The van der Waals surface area contributed by atoms with Gasteiger partial charge in [0.25, 0.3) is 11.5 Å². The van der Waals surface area contributed by atoms with E-state index >= 15 is 0 Å². The minimum Gasteiger partial charge on any atom is -0.386 e. The molecule has 1 amide bonds. The van der Waals surface area contributed by atoms with Crippen LogP contribution in [0.15, 0.2) is 34.0 Å². The van der Waals surface area contributed by atoms with Crippen molar-refractivity contribution in [3.8, 4) is 0 Å². The molecule has 3 aromatic rings. The van der Waals surface area contributed by atoms with Crippen molar-refractivity contribution in [2.75, 3.05) is 13.2 Å². The van der Waals surface area contributed by atoms with E-state index in [1.807, 2.05) is 45.9 Å². The molecule has 3 heterocycles. The zero-order valence-electron chi connectivity index (χ0n) is 20.6. The van der Waals surface area contributed by atoms with E-state index in [1.165, 1.54) is 7.05 Å². The highest BCUT2D eigenvalue weighted by Crippen LogP contribution is 2.26. The molecule has 0 saturated carbocycles. The highest BCUT2D eigenvalue weighted by Gasteiger charge is 2.38. The summed E-state index contributed by atoms with van der Waals surface area (Å²) in [5, 5.41) is 11.6. The van der Waals surface area contributed by atoms with Gasteiger partial charge in [0.1, 0.15) is 17.9 Å². The third-order valence-electron chi connectivity index (χ3n) is 6.35. The summed E-state index contributed by atoms with van der Waals surface area (Å²) in [7, 11) is 1.43. The van der Waals surface area contributed by atoms with Crippen molar-refractivity contribution in [1.82, 2.24) is 18.8 Å². The van der Waals surface area contributed by atoms with Crippen LogP contribution in [-0.4, -0.2) is 48.5 Å². The average Bonchev–Trinajstić information content (AvgIpc) is 3.31. The summed E-state index contributed by atoms with van der Waals surface area (Å²) < 4.78 is 4.34. The zero-order valence-corrected chi connectivity index (χ0v) is 20.6. The smallest absolute Gasteiger partial charge is 0.331 e. The Morgan fingerprint density at radius 1 is 1.21 bits per heavy atom. The molecule has 182 valence electrons. The molecule has 0 aliphatic carbocycles. The second-order valence-corrected chi connectivity index (χ2v) is 10.00. The molecule has 9 heteroatoms. The fraction of sp³-hybridized carbons (Fsp3) is 0.480. The molecule has 0 spiro atoms. The Kier molecular flexibility index (Phi) is 6.03. The highest BCUT2D eigenvalue weighted by molar-refractivity contribution is 6.05. The van der Waals surface area contributed by atoms with Gasteiger partial charge in [-0.3, -0.25) is 23.6 Å². The van der Waals surface area contributed by atoms with Crippen LogP contribution in [0, 0.1) is 19.8 Å². The Hall–Kier alpha value is -3.17. The van der Waals surface area contributed by atoms with Crippen molar-refractivity contribution in [1.29, 1.82) is 0 Å². The maximum atomic E-state index is 13.7.